The van der Waals surface area contributed by atoms with Gasteiger partial charge in [0.25, 0.3) is 5.91 Å². The van der Waals surface area contributed by atoms with Crippen LogP contribution in [0.1, 0.15) is 20.7 Å². The van der Waals surface area contributed by atoms with Gasteiger partial charge in [-0.25, -0.2) is 4.79 Å². The van der Waals surface area contributed by atoms with Gasteiger partial charge in [0.1, 0.15) is 11.3 Å². The molecule has 0 fully saturated rings. The van der Waals surface area contributed by atoms with Crippen molar-refractivity contribution in [3.05, 3.63) is 53.6 Å². The second-order valence-electron chi connectivity index (χ2n) is 5.30. The molecule has 28 heavy (non-hydrogen) atoms. The predicted octanol–water partition coefficient (Wildman–Crippen LogP) is 2.87. The number of nitrogens with one attached hydrogen (secondary N) is 1. The Morgan fingerprint density at radius 1 is 1.07 bits per heavy atom. The van der Waals surface area contributed by atoms with Crippen molar-refractivity contribution in [3.8, 4) is 11.5 Å². The molecule has 0 saturated heterocycles. The van der Waals surface area contributed by atoms with Gasteiger partial charge in [-0.3, -0.25) is 4.79 Å². The lowest BCUT2D eigenvalue weighted by molar-refractivity contribution is -0.274. The first kappa shape index (κ1) is 21.0. The smallest absolute Gasteiger partial charge is 0.478 e. The van der Waals surface area contributed by atoms with E-state index >= 15 is 0 Å². The molecule has 2 N–H and O–H groups in total. The van der Waals surface area contributed by atoms with Gasteiger partial charge in [0, 0.05) is 5.69 Å². The van der Waals surface area contributed by atoms with Crippen molar-refractivity contribution in [2.75, 3.05) is 11.6 Å². The molecule has 0 radical (unpaired) electrons. The number of amides is 1. The molecular formula is C16H12F3NO7S. The Balaban J connectivity index is 2.29. The molecule has 2 aromatic rings. The Hall–Kier alpha value is -3.28. The normalized spacial score (nSPS) is 11.6. The summed E-state index contributed by atoms with van der Waals surface area (Å²) < 4.78 is 67.3. The summed E-state index contributed by atoms with van der Waals surface area (Å²) >= 11 is 0. The zero-order valence-corrected chi connectivity index (χ0v) is 14.8. The number of alkyl halides is 3. The van der Waals surface area contributed by atoms with Gasteiger partial charge >= 0.3 is 22.4 Å². The van der Waals surface area contributed by atoms with E-state index in [1.165, 1.54) is 6.07 Å². The molecular weight excluding hydrogens is 407 g/mol. The van der Waals surface area contributed by atoms with E-state index in [9.17, 15) is 36.3 Å². The minimum Gasteiger partial charge on any atom is -0.478 e. The largest absolute Gasteiger partial charge is 0.573 e. The van der Waals surface area contributed by atoms with Gasteiger partial charge in [-0.1, -0.05) is 6.07 Å². The molecule has 2 aromatic carbocycles. The molecule has 0 aliphatic heterocycles. The first-order valence-corrected chi connectivity index (χ1v) is 9.10. The van der Waals surface area contributed by atoms with Crippen LogP contribution >= 0.6 is 0 Å². The molecule has 0 saturated carbocycles. The van der Waals surface area contributed by atoms with Crippen LogP contribution in [-0.4, -0.2) is 38.0 Å². The number of carboxylic acids is 1. The Kier molecular flexibility index (Phi) is 5.83. The van der Waals surface area contributed by atoms with Gasteiger partial charge in [-0.15, -0.1) is 13.2 Å². The second-order valence-corrected chi connectivity index (χ2v) is 6.87. The highest BCUT2D eigenvalue weighted by atomic mass is 32.2. The van der Waals surface area contributed by atoms with E-state index in [0.29, 0.717) is 6.26 Å². The number of hydrogen-bond donors (Lipinski definition) is 2. The molecule has 0 bridgehead atoms. The summed E-state index contributed by atoms with van der Waals surface area (Å²) in [6, 6.07) is 7.50. The van der Waals surface area contributed by atoms with Gasteiger partial charge in [0.05, 0.1) is 11.8 Å². The van der Waals surface area contributed by atoms with Crippen LogP contribution < -0.4 is 14.2 Å². The lowest BCUT2D eigenvalue weighted by Crippen LogP contribution is -2.19. The number of carbonyl (C=O) groups excluding carboxylic acids is 1. The lowest BCUT2D eigenvalue weighted by Gasteiger charge is -2.12. The van der Waals surface area contributed by atoms with Gasteiger partial charge in [-0.05, 0) is 36.4 Å². The molecule has 2 rings (SSSR count). The fraction of sp³-hybridized carbons (Fsp3) is 0.125. The highest BCUT2D eigenvalue weighted by molar-refractivity contribution is 7.86. The van der Waals surface area contributed by atoms with Crippen molar-refractivity contribution in [1.82, 2.24) is 0 Å². The molecule has 0 aromatic heterocycles. The van der Waals surface area contributed by atoms with E-state index in [2.05, 4.69) is 14.2 Å². The third-order valence-corrected chi connectivity index (χ3v) is 3.55. The third kappa shape index (κ3) is 5.87. The lowest BCUT2D eigenvalue weighted by atomic mass is 10.1. The number of halogens is 3. The summed E-state index contributed by atoms with van der Waals surface area (Å²) in [4.78, 5) is 23.9. The topological polar surface area (TPSA) is 119 Å². The standard InChI is InChI=1S/C16H12F3NO7S/c1-28(24,25)27-12-4-2-3-11(13(12)15(22)23)14(21)20-9-5-7-10(8-6-9)26-16(17,18)19/h2-8H,1H3,(H,20,21)(H,22,23). The summed E-state index contributed by atoms with van der Waals surface area (Å²) in [6.07, 6.45) is -4.17. The Morgan fingerprint density at radius 2 is 1.68 bits per heavy atom. The number of rotatable bonds is 6. The van der Waals surface area contributed by atoms with E-state index in [1.54, 1.807) is 0 Å². The van der Waals surface area contributed by atoms with Crippen molar-refractivity contribution in [1.29, 1.82) is 0 Å². The minimum absolute atomic E-state index is 0.0466. The number of hydrogen-bond acceptors (Lipinski definition) is 6. The van der Waals surface area contributed by atoms with E-state index in [-0.39, 0.29) is 5.69 Å². The maximum absolute atomic E-state index is 12.4. The molecule has 0 unspecified atom stereocenters. The Bertz CT molecular complexity index is 1000. The average Bonchev–Trinajstić information content (AvgIpc) is 2.53. The Labute approximate surface area is 156 Å². The van der Waals surface area contributed by atoms with Crippen LogP contribution in [0.2, 0.25) is 0 Å². The van der Waals surface area contributed by atoms with Crippen molar-refractivity contribution in [3.63, 3.8) is 0 Å². The molecule has 12 heteroatoms. The molecule has 0 atom stereocenters. The molecule has 0 aliphatic rings. The molecule has 0 spiro atoms. The van der Waals surface area contributed by atoms with E-state index in [4.69, 9.17) is 0 Å². The average molecular weight is 419 g/mol. The van der Waals surface area contributed by atoms with E-state index < -0.39 is 51.0 Å². The van der Waals surface area contributed by atoms with Gasteiger partial charge in [0.15, 0.2) is 5.75 Å². The first-order chi connectivity index (χ1) is 12.9. The van der Waals surface area contributed by atoms with Crippen LogP contribution in [0.3, 0.4) is 0 Å². The SMILES string of the molecule is CS(=O)(=O)Oc1cccc(C(=O)Nc2ccc(OC(F)(F)F)cc2)c1C(=O)O. The summed E-state index contributed by atoms with van der Waals surface area (Å²) in [7, 11) is -4.06. The quantitative estimate of drug-likeness (QED) is 0.691. The van der Waals surface area contributed by atoms with Crippen LogP contribution in [0.15, 0.2) is 42.5 Å². The number of benzene rings is 2. The van der Waals surface area contributed by atoms with Crippen LogP contribution in [-0.2, 0) is 10.1 Å². The molecule has 1 amide bonds. The number of aromatic carboxylic acids is 1. The third-order valence-electron chi connectivity index (χ3n) is 3.07. The maximum Gasteiger partial charge on any atom is 0.573 e. The van der Waals surface area contributed by atoms with Gasteiger partial charge in [-0.2, -0.15) is 8.42 Å². The Morgan fingerprint density at radius 3 is 2.18 bits per heavy atom. The summed E-state index contributed by atoms with van der Waals surface area (Å²) in [5.41, 5.74) is -1.06. The van der Waals surface area contributed by atoms with Crippen molar-refractivity contribution in [2.24, 2.45) is 0 Å². The number of carbonyl (C=O) groups is 2. The maximum atomic E-state index is 12.4. The fourth-order valence-electron chi connectivity index (χ4n) is 2.11. The summed E-state index contributed by atoms with van der Waals surface area (Å²) in [5.74, 6) is -3.63. The minimum atomic E-state index is -4.87. The van der Waals surface area contributed by atoms with Gasteiger partial charge < -0.3 is 19.3 Å². The van der Waals surface area contributed by atoms with E-state index in [0.717, 1.165) is 36.4 Å². The highest BCUT2D eigenvalue weighted by Gasteiger charge is 2.31. The summed E-state index contributed by atoms with van der Waals surface area (Å²) in [6.45, 7) is 0. The highest BCUT2D eigenvalue weighted by Crippen LogP contribution is 2.26. The fourth-order valence-corrected chi connectivity index (χ4v) is 2.58. The van der Waals surface area contributed by atoms with Crippen LogP contribution in [0, 0.1) is 0 Å². The zero-order valence-electron chi connectivity index (χ0n) is 14.0. The van der Waals surface area contributed by atoms with E-state index in [1.807, 2.05) is 0 Å². The molecule has 0 heterocycles. The van der Waals surface area contributed by atoms with Crippen molar-refractivity contribution < 1.29 is 45.2 Å². The van der Waals surface area contributed by atoms with Crippen LogP contribution in [0.25, 0.3) is 0 Å². The predicted molar refractivity (Wildman–Crippen MR) is 90.0 cm³/mol. The molecule has 0 aliphatic carbocycles. The molecule has 8 nitrogen and oxygen atoms in total. The number of anilines is 1. The molecule has 150 valence electrons. The summed E-state index contributed by atoms with van der Waals surface area (Å²) in [5, 5.41) is 11.6. The second kappa shape index (κ2) is 7.76. The number of ether oxygens (including phenoxy) is 1. The monoisotopic (exact) mass is 419 g/mol. The van der Waals surface area contributed by atoms with Crippen molar-refractivity contribution in [2.45, 2.75) is 6.36 Å². The first-order valence-electron chi connectivity index (χ1n) is 7.28. The number of carboxylic acid groups (broad SMARTS) is 1. The van der Waals surface area contributed by atoms with Crippen LogP contribution in [0.5, 0.6) is 11.5 Å². The van der Waals surface area contributed by atoms with Gasteiger partial charge in [0.2, 0.25) is 0 Å². The van der Waals surface area contributed by atoms with Crippen LogP contribution in [0.4, 0.5) is 18.9 Å². The van der Waals surface area contributed by atoms with Crippen molar-refractivity contribution >= 4 is 27.7 Å². The zero-order chi connectivity index (χ0) is 21.1.